The summed E-state index contributed by atoms with van der Waals surface area (Å²) in [6.07, 6.45) is 3.93. The Kier molecular flexibility index (Phi) is 3.83. The van der Waals surface area contributed by atoms with Gasteiger partial charge in [0.1, 0.15) is 5.82 Å². The average Bonchev–Trinajstić information content (AvgIpc) is 2.40. The van der Waals surface area contributed by atoms with Crippen molar-refractivity contribution in [3.8, 4) is 11.1 Å². The van der Waals surface area contributed by atoms with E-state index < -0.39 is 0 Å². The molecule has 0 atom stereocenters. The summed E-state index contributed by atoms with van der Waals surface area (Å²) in [5, 5.41) is 3.10. The number of hydrogen-bond donors (Lipinski definition) is 1. The van der Waals surface area contributed by atoms with Crippen molar-refractivity contribution in [3.63, 3.8) is 0 Å². The molecule has 0 heterocycles. The Bertz CT molecular complexity index is 585. The molecule has 0 aliphatic heterocycles. The molecular formula is C18H20FN. The molecular weight excluding hydrogens is 249 g/mol. The van der Waals surface area contributed by atoms with Crippen molar-refractivity contribution in [1.82, 2.24) is 5.32 Å². The summed E-state index contributed by atoms with van der Waals surface area (Å²) in [6, 6.07) is 13.7. The maximum atomic E-state index is 14.0. The first-order valence-corrected chi connectivity index (χ1v) is 7.31. The van der Waals surface area contributed by atoms with Crippen LogP contribution in [0.1, 0.15) is 36.3 Å². The van der Waals surface area contributed by atoms with Crippen molar-refractivity contribution in [1.29, 1.82) is 0 Å². The Labute approximate surface area is 119 Å². The molecule has 2 aromatic carbocycles. The highest BCUT2D eigenvalue weighted by Crippen LogP contribution is 2.37. The van der Waals surface area contributed by atoms with Crippen LogP contribution in [0, 0.1) is 5.82 Å². The van der Waals surface area contributed by atoms with Crippen LogP contribution in [0.25, 0.3) is 11.1 Å². The Balaban J connectivity index is 1.89. The van der Waals surface area contributed by atoms with Crippen molar-refractivity contribution in [3.05, 3.63) is 59.4 Å². The van der Waals surface area contributed by atoms with E-state index in [-0.39, 0.29) is 5.82 Å². The van der Waals surface area contributed by atoms with Crippen LogP contribution in [0.2, 0.25) is 0 Å². The van der Waals surface area contributed by atoms with E-state index in [1.807, 2.05) is 19.2 Å². The lowest BCUT2D eigenvalue weighted by molar-refractivity contribution is 0.420. The molecule has 1 aliphatic rings. The molecule has 104 valence electrons. The first-order valence-electron chi connectivity index (χ1n) is 7.31. The van der Waals surface area contributed by atoms with Gasteiger partial charge in [0.2, 0.25) is 0 Å². The van der Waals surface area contributed by atoms with Gasteiger partial charge in [0.15, 0.2) is 0 Å². The minimum atomic E-state index is -0.152. The van der Waals surface area contributed by atoms with Crippen molar-refractivity contribution >= 4 is 0 Å². The first-order chi connectivity index (χ1) is 9.78. The zero-order valence-corrected chi connectivity index (χ0v) is 11.8. The van der Waals surface area contributed by atoms with Gasteiger partial charge in [0.25, 0.3) is 0 Å². The van der Waals surface area contributed by atoms with E-state index in [9.17, 15) is 4.39 Å². The number of benzene rings is 2. The van der Waals surface area contributed by atoms with Crippen LogP contribution in [0.3, 0.4) is 0 Å². The molecule has 1 fully saturated rings. The van der Waals surface area contributed by atoms with Crippen LogP contribution < -0.4 is 5.32 Å². The zero-order chi connectivity index (χ0) is 13.9. The molecule has 0 radical (unpaired) electrons. The largest absolute Gasteiger partial charge is 0.316 e. The van der Waals surface area contributed by atoms with Gasteiger partial charge in [-0.3, -0.25) is 0 Å². The van der Waals surface area contributed by atoms with Crippen molar-refractivity contribution in [2.45, 2.75) is 31.7 Å². The third-order valence-electron chi connectivity index (χ3n) is 4.21. The van der Waals surface area contributed by atoms with E-state index in [2.05, 4.69) is 29.6 Å². The van der Waals surface area contributed by atoms with Gasteiger partial charge < -0.3 is 5.32 Å². The van der Waals surface area contributed by atoms with Crippen LogP contribution in [0.5, 0.6) is 0 Å². The highest BCUT2D eigenvalue weighted by molar-refractivity contribution is 5.65. The van der Waals surface area contributed by atoms with Gasteiger partial charge in [-0.25, -0.2) is 4.39 Å². The van der Waals surface area contributed by atoms with Gasteiger partial charge in [-0.1, -0.05) is 36.8 Å². The lowest BCUT2D eigenvalue weighted by Crippen LogP contribution is -2.08. The average molecular weight is 269 g/mol. The van der Waals surface area contributed by atoms with Crippen LogP contribution in [-0.4, -0.2) is 7.05 Å². The molecule has 20 heavy (non-hydrogen) atoms. The normalized spacial score (nSPS) is 15.1. The molecule has 0 unspecified atom stereocenters. The molecule has 2 heteroatoms. The van der Waals surface area contributed by atoms with Crippen LogP contribution in [0.15, 0.2) is 42.5 Å². The predicted molar refractivity (Wildman–Crippen MR) is 81.2 cm³/mol. The smallest absolute Gasteiger partial charge is 0.131 e. The summed E-state index contributed by atoms with van der Waals surface area (Å²) in [6.45, 7) is 0.757. The summed E-state index contributed by atoms with van der Waals surface area (Å²) in [5.74, 6) is 0.575. The molecule has 0 bridgehead atoms. The fourth-order valence-corrected chi connectivity index (χ4v) is 2.78. The van der Waals surface area contributed by atoms with E-state index in [0.29, 0.717) is 5.56 Å². The Morgan fingerprint density at radius 2 is 1.85 bits per heavy atom. The summed E-state index contributed by atoms with van der Waals surface area (Å²) in [5.41, 5.74) is 4.15. The van der Waals surface area contributed by atoms with Crippen LogP contribution in [0.4, 0.5) is 4.39 Å². The summed E-state index contributed by atoms with van der Waals surface area (Å²) in [4.78, 5) is 0. The second-order valence-electron chi connectivity index (χ2n) is 5.59. The molecule has 1 N–H and O–H groups in total. The van der Waals surface area contributed by atoms with Gasteiger partial charge >= 0.3 is 0 Å². The van der Waals surface area contributed by atoms with Gasteiger partial charge in [0, 0.05) is 12.1 Å². The second-order valence-corrected chi connectivity index (χ2v) is 5.59. The molecule has 0 amide bonds. The predicted octanol–water partition coefficient (Wildman–Crippen LogP) is 4.48. The number of rotatable bonds is 4. The van der Waals surface area contributed by atoms with Crippen molar-refractivity contribution in [2.75, 3.05) is 7.05 Å². The van der Waals surface area contributed by atoms with Gasteiger partial charge in [-0.05, 0) is 54.6 Å². The highest BCUT2D eigenvalue weighted by atomic mass is 19.1. The Hall–Kier alpha value is -1.67. The molecule has 0 spiro atoms. The topological polar surface area (TPSA) is 12.0 Å². The SMILES string of the molecule is CNCc1ccc(F)c(-c2ccc(C3CCC3)cc2)c1. The molecule has 0 saturated heterocycles. The first kappa shape index (κ1) is 13.3. The lowest BCUT2D eigenvalue weighted by Gasteiger charge is -2.25. The highest BCUT2D eigenvalue weighted by Gasteiger charge is 2.19. The lowest BCUT2D eigenvalue weighted by atomic mass is 9.80. The number of nitrogens with one attached hydrogen (secondary N) is 1. The third kappa shape index (κ3) is 2.61. The summed E-state index contributed by atoms with van der Waals surface area (Å²) in [7, 11) is 1.90. The summed E-state index contributed by atoms with van der Waals surface area (Å²) >= 11 is 0. The molecule has 1 nitrogen and oxygen atoms in total. The monoisotopic (exact) mass is 269 g/mol. The van der Waals surface area contributed by atoms with Gasteiger partial charge in [-0.15, -0.1) is 0 Å². The van der Waals surface area contributed by atoms with E-state index in [4.69, 9.17) is 0 Å². The second kappa shape index (κ2) is 5.76. The minimum Gasteiger partial charge on any atom is -0.316 e. The van der Waals surface area contributed by atoms with Gasteiger partial charge in [-0.2, -0.15) is 0 Å². The van der Waals surface area contributed by atoms with Crippen LogP contribution in [-0.2, 0) is 6.54 Å². The molecule has 1 saturated carbocycles. The Morgan fingerprint density at radius 3 is 2.45 bits per heavy atom. The van der Waals surface area contributed by atoms with Gasteiger partial charge in [0.05, 0.1) is 0 Å². The fraction of sp³-hybridized carbons (Fsp3) is 0.333. The van der Waals surface area contributed by atoms with E-state index in [0.717, 1.165) is 23.6 Å². The van der Waals surface area contributed by atoms with Crippen molar-refractivity contribution in [2.24, 2.45) is 0 Å². The minimum absolute atomic E-state index is 0.152. The molecule has 0 aromatic heterocycles. The van der Waals surface area contributed by atoms with E-state index in [1.165, 1.54) is 24.8 Å². The molecule has 3 rings (SSSR count). The number of halogens is 1. The van der Waals surface area contributed by atoms with E-state index in [1.54, 1.807) is 6.07 Å². The zero-order valence-electron chi connectivity index (χ0n) is 11.8. The molecule has 2 aromatic rings. The third-order valence-corrected chi connectivity index (χ3v) is 4.21. The van der Waals surface area contributed by atoms with Crippen LogP contribution >= 0.6 is 0 Å². The summed E-state index contributed by atoms with van der Waals surface area (Å²) < 4.78 is 14.0. The van der Waals surface area contributed by atoms with E-state index >= 15 is 0 Å². The Morgan fingerprint density at radius 1 is 1.10 bits per heavy atom. The van der Waals surface area contributed by atoms with Crippen molar-refractivity contribution < 1.29 is 4.39 Å². The number of hydrogen-bond acceptors (Lipinski definition) is 1. The maximum absolute atomic E-state index is 14.0. The fourth-order valence-electron chi connectivity index (χ4n) is 2.78. The standard InChI is InChI=1S/C18H20FN/c1-20-12-13-5-10-18(19)17(11-13)16-8-6-15(7-9-16)14-3-2-4-14/h5-11,14,20H,2-4,12H2,1H3. The molecule has 1 aliphatic carbocycles. The quantitative estimate of drug-likeness (QED) is 0.863. The maximum Gasteiger partial charge on any atom is 0.131 e.